The van der Waals surface area contributed by atoms with Crippen LogP contribution in [-0.2, 0) is 59.8 Å². The molecule has 8 N–H and O–H groups in total. The molecule has 9 aromatic carbocycles. The molecule has 16 rings (SSSR count). The van der Waals surface area contributed by atoms with Gasteiger partial charge in [-0.25, -0.2) is 18.4 Å². The number of benzene rings is 9. The molecule has 24 heteroatoms. The van der Waals surface area contributed by atoms with E-state index in [0.717, 1.165) is 79.4 Å². The van der Waals surface area contributed by atoms with Crippen LogP contribution in [0.25, 0.3) is 21.8 Å². The molecule has 2 aromatic heterocycles. The van der Waals surface area contributed by atoms with E-state index in [1.165, 1.54) is 25.2 Å². The Morgan fingerprint density at radius 2 is 0.858 bits per heavy atom. The van der Waals surface area contributed by atoms with Crippen molar-refractivity contribution >= 4 is 86.4 Å². The number of carboxylic acids is 1. The minimum absolute atomic E-state index is 0.0152. The number of carboxylic acid groups (broad SMARTS) is 1. The van der Waals surface area contributed by atoms with Gasteiger partial charge in [0.05, 0.1) is 18.7 Å². The second-order valence-corrected chi connectivity index (χ2v) is 29.0. The average Bonchev–Trinajstić information content (AvgIpc) is 1.63. The van der Waals surface area contributed by atoms with Gasteiger partial charge >= 0.3 is 12.1 Å². The van der Waals surface area contributed by atoms with Crippen LogP contribution in [0.4, 0.5) is 30.6 Å². The van der Waals surface area contributed by atoms with Crippen molar-refractivity contribution in [2.24, 2.45) is 0 Å². The first-order valence-corrected chi connectivity index (χ1v) is 37.4. The molecule has 113 heavy (non-hydrogen) atoms. The smallest absolute Gasteiger partial charge is 0.410 e. The third kappa shape index (κ3) is 20.3. The number of likely N-dealkylation sites (tertiary alicyclic amines) is 2. The van der Waals surface area contributed by atoms with Crippen molar-refractivity contribution in [3.63, 3.8) is 0 Å². The number of nitrogens with one attached hydrogen (secondary N) is 7. The van der Waals surface area contributed by atoms with Crippen LogP contribution in [0.3, 0.4) is 0 Å². The fraction of sp³-hybridized carbons (Fsp3) is 0.247. The number of hydrogen-bond donors (Lipinski definition) is 8. The van der Waals surface area contributed by atoms with Gasteiger partial charge < -0.3 is 66.0 Å². The summed E-state index contributed by atoms with van der Waals surface area (Å²) in [6.45, 7) is 8.71. The number of anilines is 3. The summed E-state index contributed by atoms with van der Waals surface area (Å²) in [4.78, 5) is 110. The molecule has 5 aliphatic heterocycles. The SMILES string of the molecule is CC(C)(C)OC(=O)N1CCC(F)(C(=O)N2CCc3cc(C(=O)NCc4ccccc4)ccc32)C1.N#CN1CCC(F)(C(=O)N2CCc3cc(C(=O)NCc4ccccc4)ccc32)C1.O=C(NCc1ccccc1)c1ccc2[nH]ccc2c1.O=C(NCc1ccccc1)c1ccc2c(c1)CCN2.O=C(O)c1ccc2[nH]ccc2c1. The monoisotopic (exact) mass is 1520 g/mol. The molecule has 0 bridgehead atoms. The third-order valence-corrected chi connectivity index (χ3v) is 19.8. The number of ether oxygens (including phenoxy) is 1. The average molecular weight is 1520 g/mol. The van der Waals surface area contributed by atoms with E-state index in [4.69, 9.17) is 15.1 Å². The molecule has 2 fully saturated rings. The molecular formula is C89H88F2N12O10. The maximum Gasteiger partial charge on any atom is 0.410 e. The largest absolute Gasteiger partial charge is 0.478 e. The van der Waals surface area contributed by atoms with E-state index in [1.807, 2.05) is 182 Å². The van der Waals surface area contributed by atoms with Gasteiger partial charge in [-0.1, -0.05) is 121 Å². The Kier molecular flexibility index (Phi) is 25.2. The van der Waals surface area contributed by atoms with Crippen molar-refractivity contribution < 1.29 is 57.0 Å². The topological polar surface area (TPSA) is 295 Å². The van der Waals surface area contributed by atoms with Crippen LogP contribution in [0.2, 0.25) is 0 Å². The predicted octanol–water partition coefficient (Wildman–Crippen LogP) is 13.8. The van der Waals surface area contributed by atoms with E-state index in [1.54, 1.807) is 81.6 Å². The van der Waals surface area contributed by atoms with Gasteiger partial charge in [-0.2, -0.15) is 5.26 Å². The van der Waals surface area contributed by atoms with Gasteiger partial charge in [0, 0.05) is 145 Å². The number of halogens is 2. The summed E-state index contributed by atoms with van der Waals surface area (Å²) < 4.78 is 36.1. The summed E-state index contributed by atoms with van der Waals surface area (Å²) in [5.41, 5.74) is 9.38. The molecule has 2 saturated heterocycles. The standard InChI is InChI=1S/C26H30FN3O4.C22H21FN4O2.C16H16N2O.C16H14N2O.C9H7NO2/c1-25(2,3)34-24(33)29-14-12-26(27,17-29)23(32)30-13-11-19-15-20(9-10-21(19)30)22(31)28-16-18-7-5-4-6-8-18;23-22(9-11-26(14-22)15-24)21(29)27-10-8-17-12-18(6-7-19(17)27)20(28)25-13-16-4-2-1-3-5-16;2*19-16(18-11-12-4-2-1-3-5-12)14-6-7-15-13(10-14)8-9-17-15;11-9(12)7-1-2-8-6(5-7)3-4-10-8/h4-10,15H,11-14,16-17H2,1-3H3,(H,28,31);1-7,12H,8-11,13-14H2,(H,25,28);1-7,10,17H,8-9,11H2,(H,18,19);1-10,17H,11H2,(H,18,19);1-5,10H,(H,11,12). The number of H-pyrrole nitrogens is 2. The fourth-order valence-electron chi connectivity index (χ4n) is 13.8. The molecule has 0 spiro atoms. The number of fused-ring (bicyclic) bond motifs is 5. The lowest BCUT2D eigenvalue weighted by atomic mass is 10.0. The van der Waals surface area contributed by atoms with Crippen LogP contribution in [0.1, 0.15) is 124 Å². The molecule has 7 heterocycles. The van der Waals surface area contributed by atoms with Gasteiger partial charge in [0.25, 0.3) is 35.4 Å². The number of alkyl halides is 2. The second kappa shape index (κ2) is 35.9. The molecule has 22 nitrogen and oxygen atoms in total. The molecule has 5 aliphatic rings. The van der Waals surface area contributed by atoms with Crippen LogP contribution in [-0.4, -0.2) is 135 Å². The van der Waals surface area contributed by atoms with Gasteiger partial charge in [-0.3, -0.25) is 28.8 Å². The van der Waals surface area contributed by atoms with Crippen LogP contribution in [0.5, 0.6) is 0 Å². The molecule has 7 amide bonds. The molecule has 578 valence electrons. The number of hydrogen-bond acceptors (Lipinski definition) is 12. The number of amides is 7. The minimum Gasteiger partial charge on any atom is -0.478 e. The van der Waals surface area contributed by atoms with E-state index in [-0.39, 0.29) is 62.6 Å². The molecule has 2 unspecified atom stereocenters. The van der Waals surface area contributed by atoms with Crippen LogP contribution >= 0.6 is 0 Å². The first-order chi connectivity index (χ1) is 54.5. The number of nitriles is 1. The molecule has 2 atom stereocenters. The zero-order valence-electron chi connectivity index (χ0n) is 62.9. The van der Waals surface area contributed by atoms with E-state index < -0.39 is 40.8 Å². The lowest BCUT2D eigenvalue weighted by Crippen LogP contribution is -2.48. The number of aromatic carboxylic acids is 1. The molecule has 0 saturated carbocycles. The summed E-state index contributed by atoms with van der Waals surface area (Å²) in [5.74, 6) is -2.61. The van der Waals surface area contributed by atoms with Gasteiger partial charge in [-0.05, 0) is 182 Å². The van der Waals surface area contributed by atoms with E-state index in [2.05, 4.69) is 36.6 Å². The van der Waals surface area contributed by atoms with Crippen molar-refractivity contribution in [3.8, 4) is 6.19 Å². The highest BCUT2D eigenvalue weighted by atomic mass is 19.1. The number of aromatic nitrogens is 2. The normalized spacial score (nSPS) is 16.1. The van der Waals surface area contributed by atoms with Crippen LogP contribution < -0.4 is 36.4 Å². The minimum atomic E-state index is -2.16. The summed E-state index contributed by atoms with van der Waals surface area (Å²) in [5, 5.41) is 34.5. The Morgan fingerprint density at radius 3 is 1.28 bits per heavy atom. The van der Waals surface area contributed by atoms with Gasteiger partial charge in [0.1, 0.15) is 5.60 Å². The number of carbonyl (C=O) groups is 8. The second-order valence-electron chi connectivity index (χ2n) is 29.0. The van der Waals surface area contributed by atoms with Crippen molar-refractivity contribution in [3.05, 3.63) is 304 Å². The zero-order valence-corrected chi connectivity index (χ0v) is 62.9. The first-order valence-electron chi connectivity index (χ1n) is 37.4. The predicted molar refractivity (Wildman–Crippen MR) is 430 cm³/mol. The van der Waals surface area contributed by atoms with Crippen molar-refractivity contribution in [2.75, 3.05) is 60.9 Å². The van der Waals surface area contributed by atoms with Crippen molar-refractivity contribution in [2.45, 2.75) is 96.0 Å². The Labute approximate surface area is 653 Å². The highest BCUT2D eigenvalue weighted by Gasteiger charge is 2.51. The Balaban J connectivity index is 0.000000136. The van der Waals surface area contributed by atoms with E-state index in [9.17, 15) is 38.4 Å². The molecule has 0 radical (unpaired) electrons. The number of nitrogens with zero attached hydrogens (tertiary/aromatic N) is 5. The highest BCUT2D eigenvalue weighted by Crippen LogP contribution is 2.38. The Morgan fingerprint density at radius 1 is 0.469 bits per heavy atom. The van der Waals surface area contributed by atoms with Crippen molar-refractivity contribution in [1.82, 2.24) is 41.0 Å². The molecule has 0 aliphatic carbocycles. The molecular weight excluding hydrogens is 1440 g/mol. The zero-order chi connectivity index (χ0) is 79.7. The number of rotatable bonds is 15. The van der Waals surface area contributed by atoms with Gasteiger partial charge in [0.15, 0.2) is 6.19 Å². The lowest BCUT2D eigenvalue weighted by molar-refractivity contribution is -0.129. The highest BCUT2D eigenvalue weighted by molar-refractivity contribution is 6.05. The quantitative estimate of drug-likeness (QED) is 0.0444. The van der Waals surface area contributed by atoms with E-state index in [0.29, 0.717) is 85.7 Å². The van der Waals surface area contributed by atoms with Crippen molar-refractivity contribution in [1.29, 1.82) is 5.26 Å². The lowest BCUT2D eigenvalue weighted by Gasteiger charge is -2.27. The summed E-state index contributed by atoms with van der Waals surface area (Å²) in [6, 6.07) is 69.6. The van der Waals surface area contributed by atoms with Gasteiger partial charge in [0.2, 0.25) is 11.3 Å². The van der Waals surface area contributed by atoms with Crippen LogP contribution in [0, 0.1) is 11.5 Å². The number of carbonyl (C=O) groups excluding carboxylic acids is 7. The van der Waals surface area contributed by atoms with E-state index >= 15 is 8.78 Å². The number of aromatic amines is 2. The third-order valence-electron chi connectivity index (χ3n) is 19.8. The maximum atomic E-state index is 15.7. The maximum absolute atomic E-state index is 15.7. The summed E-state index contributed by atoms with van der Waals surface area (Å²) >= 11 is 0. The molecule has 11 aromatic rings. The summed E-state index contributed by atoms with van der Waals surface area (Å²) in [6.07, 6.45) is 6.99. The Hall–Kier alpha value is -13.4. The Bertz CT molecular complexity index is 5300. The van der Waals surface area contributed by atoms with Gasteiger partial charge in [-0.15, -0.1) is 0 Å². The van der Waals surface area contributed by atoms with Crippen LogP contribution in [0.15, 0.2) is 237 Å². The fourth-order valence-corrected chi connectivity index (χ4v) is 13.8. The first kappa shape index (κ1) is 79.1. The summed E-state index contributed by atoms with van der Waals surface area (Å²) in [7, 11) is 0.